The van der Waals surface area contributed by atoms with E-state index in [-0.39, 0.29) is 16.2 Å². The van der Waals surface area contributed by atoms with E-state index >= 15 is 0 Å². The van der Waals surface area contributed by atoms with E-state index < -0.39 is 11.4 Å². The summed E-state index contributed by atoms with van der Waals surface area (Å²) >= 11 is 0. The molecule has 0 radical (unpaired) electrons. The van der Waals surface area contributed by atoms with Crippen LogP contribution >= 0.6 is 0 Å². The molecule has 184 valence electrons. The van der Waals surface area contributed by atoms with Crippen molar-refractivity contribution >= 4 is 5.91 Å². The Morgan fingerprint density at radius 3 is 2.33 bits per heavy atom. The first kappa shape index (κ1) is 27.2. The molecule has 0 heterocycles. The average molecular weight is 457 g/mol. The van der Waals surface area contributed by atoms with Gasteiger partial charge in [-0.3, -0.25) is 4.79 Å². The van der Waals surface area contributed by atoms with Crippen molar-refractivity contribution in [3.8, 4) is 5.75 Å². The smallest absolute Gasteiger partial charge is 0.309 e. The molecule has 5 nitrogen and oxygen atoms in total. The largest absolute Gasteiger partial charge is 0.493 e. The summed E-state index contributed by atoms with van der Waals surface area (Å²) in [5, 5.41) is 2.46. The van der Waals surface area contributed by atoms with Gasteiger partial charge >= 0.3 is 5.91 Å². The number of hydrogen-bond donors (Lipinski definition) is 1. The number of carbonyl (C=O) groups is 1. The van der Waals surface area contributed by atoms with Gasteiger partial charge in [-0.25, -0.2) is 0 Å². The second-order valence-electron chi connectivity index (χ2n) is 12.2. The summed E-state index contributed by atoms with van der Waals surface area (Å²) in [6, 6.07) is 4.63. The van der Waals surface area contributed by atoms with Gasteiger partial charge in [-0.1, -0.05) is 79.5 Å². The summed E-state index contributed by atoms with van der Waals surface area (Å²) < 4.78 is 6.50. The molecule has 1 saturated carbocycles. The molecule has 1 aromatic carbocycles. The Kier molecular flexibility index (Phi) is 8.00. The number of hydrogen-bond acceptors (Lipinski definition) is 4. The lowest BCUT2D eigenvalue weighted by atomic mass is 9.76. The van der Waals surface area contributed by atoms with E-state index in [9.17, 15) is 9.70 Å². The van der Waals surface area contributed by atoms with Crippen LogP contribution < -0.4 is 10.5 Å². The maximum atomic E-state index is 11.3. The lowest BCUT2D eigenvalue weighted by Gasteiger charge is -2.32. The van der Waals surface area contributed by atoms with Gasteiger partial charge in [0.05, 0.1) is 6.61 Å². The highest BCUT2D eigenvalue weighted by molar-refractivity contribution is 5.88. The quantitative estimate of drug-likeness (QED) is 0.250. The minimum atomic E-state index is -0.739. The van der Waals surface area contributed by atoms with Gasteiger partial charge in [0.25, 0.3) is 0 Å². The van der Waals surface area contributed by atoms with Gasteiger partial charge in [0, 0.05) is 33.3 Å². The topological polar surface area (TPSA) is 81.8 Å². The zero-order valence-electron chi connectivity index (χ0n) is 22.2. The predicted octanol–water partition coefficient (Wildman–Crippen LogP) is 6.84. The van der Waals surface area contributed by atoms with Gasteiger partial charge in [-0.15, -0.1) is 4.91 Å². The molecule has 2 rings (SSSR count). The SMILES string of the molecule is CCCCOc1c(C(C)(C)C)cc(C(C)(C)C)cc1C1(C)CC1(N)CC/C(C)=C/C(=O)N=O. The molecular formula is C28H44N2O3. The number of carbonyl (C=O) groups excluding carboxylic acids is 1. The summed E-state index contributed by atoms with van der Waals surface area (Å²) in [5.41, 5.74) is 10.8. The maximum Gasteiger partial charge on any atom is 0.309 e. The fourth-order valence-electron chi connectivity index (χ4n) is 4.55. The first-order valence-electron chi connectivity index (χ1n) is 12.2. The minimum absolute atomic E-state index is 0.000719. The van der Waals surface area contributed by atoms with Gasteiger partial charge in [0.15, 0.2) is 0 Å². The van der Waals surface area contributed by atoms with Gasteiger partial charge < -0.3 is 10.5 Å². The Balaban J connectivity index is 2.53. The lowest BCUT2D eigenvalue weighted by molar-refractivity contribution is -0.113. The van der Waals surface area contributed by atoms with Crippen LogP contribution in [0.5, 0.6) is 5.75 Å². The van der Waals surface area contributed by atoms with Gasteiger partial charge in [0.2, 0.25) is 0 Å². The Labute approximate surface area is 200 Å². The Morgan fingerprint density at radius 2 is 1.82 bits per heavy atom. The molecule has 2 N–H and O–H groups in total. The number of nitrogens with zero attached hydrogens (tertiary/aromatic N) is 1. The highest BCUT2D eigenvalue weighted by Crippen LogP contribution is 2.61. The molecule has 0 aliphatic heterocycles. The molecule has 0 bridgehead atoms. The predicted molar refractivity (Wildman–Crippen MR) is 137 cm³/mol. The van der Waals surface area contributed by atoms with E-state index in [1.54, 1.807) is 0 Å². The van der Waals surface area contributed by atoms with Crippen LogP contribution in [0.25, 0.3) is 0 Å². The fraction of sp³-hybridized carbons (Fsp3) is 0.679. The highest BCUT2D eigenvalue weighted by atomic mass is 16.5. The van der Waals surface area contributed by atoms with Crippen molar-refractivity contribution < 1.29 is 9.53 Å². The van der Waals surface area contributed by atoms with Crippen molar-refractivity contribution in [1.29, 1.82) is 0 Å². The molecule has 1 aromatic rings. The molecule has 1 amide bonds. The van der Waals surface area contributed by atoms with Crippen LogP contribution in [-0.4, -0.2) is 18.1 Å². The van der Waals surface area contributed by atoms with Crippen LogP contribution in [0.2, 0.25) is 0 Å². The normalized spacial score (nSPS) is 23.4. The Morgan fingerprint density at radius 1 is 1.18 bits per heavy atom. The van der Waals surface area contributed by atoms with E-state index in [0.29, 0.717) is 13.0 Å². The van der Waals surface area contributed by atoms with Crippen molar-refractivity contribution in [2.75, 3.05) is 6.61 Å². The Hall–Kier alpha value is -2.01. The summed E-state index contributed by atoms with van der Waals surface area (Å²) in [7, 11) is 0. The molecular weight excluding hydrogens is 412 g/mol. The molecule has 33 heavy (non-hydrogen) atoms. The van der Waals surface area contributed by atoms with Crippen molar-refractivity contribution in [3.05, 3.63) is 45.4 Å². The first-order chi connectivity index (χ1) is 15.1. The fourth-order valence-corrected chi connectivity index (χ4v) is 4.55. The van der Waals surface area contributed by atoms with E-state index in [2.05, 4.69) is 72.7 Å². The van der Waals surface area contributed by atoms with Crippen LogP contribution in [0.1, 0.15) is 111 Å². The lowest BCUT2D eigenvalue weighted by Crippen LogP contribution is -2.33. The standard InChI is InChI=1S/C28H44N2O3/c1-10-11-14-33-24-21(26(6,7)8)16-20(25(3,4)5)17-22(24)27(9)18-28(27,29)13-12-19(2)15-23(31)30-32/h15-17H,10-14,18,29H2,1-9H3/b19-15+. The average Bonchev–Trinajstić information content (AvgIpc) is 3.27. The zero-order chi connectivity index (χ0) is 25.2. The first-order valence-corrected chi connectivity index (χ1v) is 12.2. The molecule has 2 atom stereocenters. The minimum Gasteiger partial charge on any atom is -0.493 e. The molecule has 1 aliphatic carbocycles. The van der Waals surface area contributed by atoms with Crippen LogP contribution in [0, 0.1) is 4.91 Å². The third-order valence-electron chi connectivity index (χ3n) is 7.17. The zero-order valence-corrected chi connectivity index (χ0v) is 22.2. The van der Waals surface area contributed by atoms with Crippen LogP contribution in [-0.2, 0) is 21.0 Å². The van der Waals surface area contributed by atoms with Gasteiger partial charge in [-0.05, 0) is 49.0 Å². The second-order valence-corrected chi connectivity index (χ2v) is 12.2. The second kappa shape index (κ2) is 9.69. The molecule has 1 fully saturated rings. The number of rotatable bonds is 9. The van der Waals surface area contributed by atoms with Crippen molar-refractivity contribution in [1.82, 2.24) is 0 Å². The summed E-state index contributed by atoms with van der Waals surface area (Å²) in [4.78, 5) is 21.8. The Bertz CT molecular complexity index is 920. The highest BCUT2D eigenvalue weighted by Gasteiger charge is 2.63. The third-order valence-corrected chi connectivity index (χ3v) is 7.17. The number of ether oxygens (including phenoxy) is 1. The third kappa shape index (κ3) is 6.11. The van der Waals surface area contributed by atoms with Crippen molar-refractivity contribution in [3.63, 3.8) is 0 Å². The van der Waals surface area contributed by atoms with Gasteiger partial charge in [-0.2, -0.15) is 0 Å². The van der Waals surface area contributed by atoms with Crippen LogP contribution in [0.3, 0.4) is 0 Å². The number of unbranched alkanes of at least 4 members (excludes halogenated alkanes) is 1. The number of nitroso groups, excluding NO2 is 1. The molecule has 1 aliphatic rings. The summed E-state index contributed by atoms with van der Waals surface area (Å²) in [6.07, 6.45) is 5.65. The van der Waals surface area contributed by atoms with Crippen LogP contribution in [0.15, 0.2) is 29.0 Å². The van der Waals surface area contributed by atoms with E-state index in [1.165, 1.54) is 22.8 Å². The van der Waals surface area contributed by atoms with Crippen molar-refractivity contribution in [2.45, 2.75) is 116 Å². The van der Waals surface area contributed by atoms with E-state index in [1.807, 2.05) is 6.92 Å². The molecule has 2 unspecified atom stereocenters. The number of nitrogens with two attached hydrogens (primary N) is 1. The van der Waals surface area contributed by atoms with Gasteiger partial charge in [0.1, 0.15) is 5.75 Å². The molecule has 0 spiro atoms. The summed E-state index contributed by atoms with van der Waals surface area (Å²) in [6.45, 7) is 20.4. The maximum absolute atomic E-state index is 11.3. The number of amides is 1. The summed E-state index contributed by atoms with van der Waals surface area (Å²) in [5.74, 6) is 0.253. The molecule has 0 aromatic heterocycles. The number of benzene rings is 1. The monoisotopic (exact) mass is 456 g/mol. The van der Waals surface area contributed by atoms with Crippen LogP contribution in [0.4, 0.5) is 0 Å². The molecule has 0 saturated heterocycles. The molecule has 5 heteroatoms. The van der Waals surface area contributed by atoms with E-state index in [0.717, 1.165) is 37.0 Å². The van der Waals surface area contributed by atoms with Crippen molar-refractivity contribution in [2.24, 2.45) is 10.9 Å². The van der Waals surface area contributed by atoms with E-state index in [4.69, 9.17) is 10.5 Å². The number of allylic oxidation sites excluding steroid dienone is 1.